The second-order valence-corrected chi connectivity index (χ2v) is 10.6. The largest absolute Gasteiger partial charge is 0.490 e. The Hall–Kier alpha value is -5.17. The molecule has 3 aromatic carbocycles. The van der Waals surface area contributed by atoms with Gasteiger partial charge in [0.15, 0.2) is 0 Å². The molecule has 1 aliphatic rings. The minimum atomic E-state index is -5.08. The van der Waals surface area contributed by atoms with Crippen molar-refractivity contribution in [1.82, 2.24) is 14.9 Å². The summed E-state index contributed by atoms with van der Waals surface area (Å²) in [7, 11) is 0. The van der Waals surface area contributed by atoms with Gasteiger partial charge in [0, 0.05) is 42.6 Å². The molecule has 1 saturated heterocycles. The molecule has 1 fully saturated rings. The van der Waals surface area contributed by atoms with Gasteiger partial charge in [-0.25, -0.2) is 14.6 Å². The van der Waals surface area contributed by atoms with Gasteiger partial charge in [-0.2, -0.15) is 13.2 Å². The molecular formula is C32H33F3N6O4. The van der Waals surface area contributed by atoms with Gasteiger partial charge in [0.05, 0.1) is 6.54 Å². The maximum Gasteiger partial charge on any atom is 0.490 e. The molecule has 13 heteroatoms. The van der Waals surface area contributed by atoms with Crippen LogP contribution < -0.4 is 26.4 Å². The minimum absolute atomic E-state index is 0.0892. The molecule has 2 heterocycles. The highest BCUT2D eigenvalue weighted by Gasteiger charge is 2.38. The number of carbonyl (C=O) groups is 2. The van der Waals surface area contributed by atoms with E-state index in [-0.39, 0.29) is 11.6 Å². The fourth-order valence-electron chi connectivity index (χ4n) is 4.78. The molecule has 2 atom stereocenters. The summed E-state index contributed by atoms with van der Waals surface area (Å²) in [6, 6.07) is 27.2. The van der Waals surface area contributed by atoms with E-state index in [2.05, 4.69) is 51.8 Å². The van der Waals surface area contributed by atoms with Gasteiger partial charge in [-0.1, -0.05) is 54.6 Å². The van der Waals surface area contributed by atoms with Gasteiger partial charge >= 0.3 is 18.2 Å². The number of urea groups is 1. The van der Waals surface area contributed by atoms with Crippen molar-refractivity contribution >= 4 is 29.2 Å². The van der Waals surface area contributed by atoms with Gasteiger partial charge in [-0.15, -0.1) is 0 Å². The van der Waals surface area contributed by atoms with Crippen LogP contribution in [0.5, 0.6) is 0 Å². The van der Waals surface area contributed by atoms with Gasteiger partial charge in [-0.3, -0.25) is 9.36 Å². The zero-order chi connectivity index (χ0) is 32.6. The lowest BCUT2D eigenvalue weighted by Crippen LogP contribution is -2.54. The number of nitrogens with one attached hydrogen (secondary N) is 3. The molecule has 0 saturated carbocycles. The molecule has 10 nitrogen and oxygen atoms in total. The zero-order valence-electron chi connectivity index (χ0n) is 24.6. The van der Waals surface area contributed by atoms with Crippen molar-refractivity contribution in [2.24, 2.45) is 0 Å². The van der Waals surface area contributed by atoms with E-state index in [9.17, 15) is 22.8 Å². The number of aliphatic carboxylic acids is 1. The first kappa shape index (κ1) is 32.7. The van der Waals surface area contributed by atoms with E-state index < -0.39 is 12.1 Å². The first-order valence-corrected chi connectivity index (χ1v) is 14.1. The molecule has 1 aromatic heterocycles. The predicted octanol–water partition coefficient (Wildman–Crippen LogP) is 5.42. The lowest BCUT2D eigenvalue weighted by molar-refractivity contribution is -0.192. The summed E-state index contributed by atoms with van der Waals surface area (Å²) < 4.78 is 33.3. The first-order chi connectivity index (χ1) is 21.4. The lowest BCUT2D eigenvalue weighted by Gasteiger charge is -2.36. The standard InChI is InChI=1S/C30H32N6O2.C2HF3O2/c1-21-17-35(18-22(2)32-21)28-16-29(37)36(20-31-28)19-23-8-12-26(13-9-23)33-30(38)34-27-14-10-25(11-15-27)24-6-4-3-5-7-24;3-2(4,5)1(6)7/h3-16,20-22,32H,17-19H2,1-2H3,(H2,33,34,38);(H,6,7). The Morgan fingerprint density at radius 3 is 1.91 bits per heavy atom. The van der Waals surface area contributed by atoms with Gasteiger partial charge < -0.3 is 26.0 Å². The van der Waals surface area contributed by atoms with Crippen LogP contribution >= 0.6 is 0 Å². The van der Waals surface area contributed by atoms with Crippen molar-refractivity contribution in [3.05, 3.63) is 107 Å². The third-order valence-corrected chi connectivity index (χ3v) is 6.80. The number of rotatable bonds is 6. The number of aromatic nitrogens is 2. The third-order valence-electron chi connectivity index (χ3n) is 6.80. The Kier molecular flexibility index (Phi) is 10.6. The van der Waals surface area contributed by atoms with Crippen LogP contribution in [0.1, 0.15) is 19.4 Å². The summed E-state index contributed by atoms with van der Waals surface area (Å²) in [5.41, 5.74) is 4.43. The highest BCUT2D eigenvalue weighted by molar-refractivity contribution is 5.99. The number of amides is 2. The highest BCUT2D eigenvalue weighted by atomic mass is 19.4. The first-order valence-electron chi connectivity index (χ1n) is 14.1. The number of benzene rings is 3. The molecule has 4 N–H and O–H groups in total. The average molecular weight is 623 g/mol. The molecule has 5 rings (SSSR count). The second kappa shape index (κ2) is 14.5. The summed E-state index contributed by atoms with van der Waals surface area (Å²) in [4.78, 5) is 40.8. The molecule has 2 amide bonds. The molecule has 0 spiro atoms. The average Bonchev–Trinajstić information content (AvgIpc) is 2.99. The molecule has 0 aliphatic carbocycles. The van der Waals surface area contributed by atoms with Crippen molar-refractivity contribution in [1.29, 1.82) is 0 Å². The normalized spacial score (nSPS) is 16.2. The Bertz CT molecular complexity index is 1640. The maximum atomic E-state index is 12.8. The highest BCUT2D eigenvalue weighted by Crippen LogP contribution is 2.21. The Morgan fingerprint density at radius 2 is 1.40 bits per heavy atom. The van der Waals surface area contributed by atoms with Crippen LogP contribution in [0.2, 0.25) is 0 Å². The minimum Gasteiger partial charge on any atom is -0.475 e. The number of anilines is 3. The monoisotopic (exact) mass is 622 g/mol. The van der Waals surface area contributed by atoms with Gasteiger partial charge in [0.1, 0.15) is 12.1 Å². The number of alkyl halides is 3. The van der Waals surface area contributed by atoms with Gasteiger partial charge in [0.2, 0.25) is 0 Å². The predicted molar refractivity (Wildman–Crippen MR) is 167 cm³/mol. The number of carboxylic acid groups (broad SMARTS) is 1. The van der Waals surface area contributed by atoms with E-state index in [4.69, 9.17) is 9.90 Å². The van der Waals surface area contributed by atoms with E-state index in [1.807, 2.05) is 66.7 Å². The van der Waals surface area contributed by atoms with Crippen molar-refractivity contribution < 1.29 is 27.9 Å². The van der Waals surface area contributed by atoms with Gasteiger partial charge in [-0.05, 0) is 54.8 Å². The molecular weight excluding hydrogens is 589 g/mol. The summed E-state index contributed by atoms with van der Waals surface area (Å²) in [5.74, 6) is -2.04. The summed E-state index contributed by atoms with van der Waals surface area (Å²) >= 11 is 0. The molecule has 0 radical (unpaired) electrons. The number of carboxylic acids is 1. The summed E-state index contributed by atoms with van der Waals surface area (Å²) in [6.07, 6.45) is -3.47. The fourth-order valence-corrected chi connectivity index (χ4v) is 4.78. The van der Waals surface area contributed by atoms with Crippen LogP contribution in [0.3, 0.4) is 0 Å². The van der Waals surface area contributed by atoms with Crippen LogP contribution in [0, 0.1) is 0 Å². The van der Waals surface area contributed by atoms with E-state index in [0.717, 1.165) is 29.8 Å². The van der Waals surface area contributed by atoms with E-state index >= 15 is 0 Å². The quantitative estimate of drug-likeness (QED) is 0.226. The Balaban J connectivity index is 0.000000591. The number of halogens is 3. The summed E-state index contributed by atoms with van der Waals surface area (Å²) in [5, 5.41) is 16.3. The molecule has 45 heavy (non-hydrogen) atoms. The molecule has 2 unspecified atom stereocenters. The summed E-state index contributed by atoms with van der Waals surface area (Å²) in [6.45, 7) is 6.31. The van der Waals surface area contributed by atoms with Crippen LogP contribution in [0.15, 0.2) is 96.1 Å². The SMILES string of the molecule is CC1CN(c2cc(=O)n(Cc3ccc(NC(=O)Nc4ccc(-c5ccccc5)cc4)cc3)cn2)CC(C)N1.O=C(O)C(F)(F)F. The number of nitrogens with zero attached hydrogens (tertiary/aromatic N) is 3. The van der Waals surface area contributed by atoms with Crippen molar-refractivity contribution in [2.75, 3.05) is 28.6 Å². The van der Waals surface area contributed by atoms with Crippen LogP contribution in [-0.4, -0.2) is 58.0 Å². The molecule has 236 valence electrons. The number of hydrogen-bond acceptors (Lipinski definition) is 6. The topological polar surface area (TPSA) is 129 Å². The van der Waals surface area contributed by atoms with Crippen molar-refractivity contribution in [3.8, 4) is 11.1 Å². The Morgan fingerprint density at radius 1 is 0.889 bits per heavy atom. The number of hydrogen-bond donors (Lipinski definition) is 4. The van der Waals surface area contributed by atoms with Crippen molar-refractivity contribution in [3.63, 3.8) is 0 Å². The van der Waals surface area contributed by atoms with Gasteiger partial charge in [0.25, 0.3) is 5.56 Å². The van der Waals surface area contributed by atoms with Crippen LogP contribution in [-0.2, 0) is 11.3 Å². The molecule has 4 aromatic rings. The van der Waals surface area contributed by atoms with Crippen LogP contribution in [0.25, 0.3) is 11.1 Å². The second-order valence-electron chi connectivity index (χ2n) is 10.6. The maximum absolute atomic E-state index is 12.8. The smallest absolute Gasteiger partial charge is 0.475 e. The number of carbonyl (C=O) groups excluding carboxylic acids is 1. The van der Waals surface area contributed by atoms with E-state index in [0.29, 0.717) is 35.8 Å². The molecule has 1 aliphatic heterocycles. The van der Waals surface area contributed by atoms with E-state index in [1.165, 1.54) is 0 Å². The fraction of sp³-hybridized carbons (Fsp3) is 0.250. The number of piperazine rings is 1. The Labute approximate surface area is 257 Å². The van der Waals surface area contributed by atoms with Crippen LogP contribution in [0.4, 0.5) is 35.2 Å². The van der Waals surface area contributed by atoms with E-state index in [1.54, 1.807) is 17.0 Å². The lowest BCUT2D eigenvalue weighted by atomic mass is 10.1. The zero-order valence-corrected chi connectivity index (χ0v) is 24.6. The molecule has 0 bridgehead atoms. The third kappa shape index (κ3) is 9.66. The van der Waals surface area contributed by atoms with Crippen molar-refractivity contribution in [2.45, 2.75) is 38.7 Å².